The molecular formula is C14H18N2O4. The second-order valence-corrected chi connectivity index (χ2v) is 4.31. The van der Waals surface area contributed by atoms with Gasteiger partial charge in [0.2, 0.25) is 5.91 Å². The first-order valence-corrected chi connectivity index (χ1v) is 6.43. The summed E-state index contributed by atoms with van der Waals surface area (Å²) in [5, 5.41) is 13.5. The first-order valence-electron chi connectivity index (χ1n) is 6.43. The Kier molecular flexibility index (Phi) is 6.22. The quantitative estimate of drug-likeness (QED) is 0.706. The number of carbonyl (C=O) groups is 3. The maximum atomic E-state index is 11.6. The van der Waals surface area contributed by atoms with E-state index < -0.39 is 18.4 Å². The van der Waals surface area contributed by atoms with Crippen LogP contribution in [0.15, 0.2) is 24.3 Å². The minimum absolute atomic E-state index is 0.0603. The highest BCUT2D eigenvalue weighted by Gasteiger charge is 2.07. The molecular weight excluding hydrogens is 260 g/mol. The highest BCUT2D eigenvalue weighted by atomic mass is 16.4. The second-order valence-electron chi connectivity index (χ2n) is 4.31. The lowest BCUT2D eigenvalue weighted by Gasteiger charge is -2.06. The maximum absolute atomic E-state index is 11.6. The van der Waals surface area contributed by atoms with Crippen LogP contribution in [0.3, 0.4) is 0 Å². The number of carboxylic acid groups (broad SMARTS) is 1. The summed E-state index contributed by atoms with van der Waals surface area (Å²) in [5.74, 6) is -1.62. The number of anilines is 1. The fraction of sp³-hybridized carbons (Fsp3) is 0.357. The fourth-order valence-corrected chi connectivity index (χ4v) is 1.52. The molecule has 0 aliphatic heterocycles. The lowest BCUT2D eigenvalue weighted by Crippen LogP contribution is -2.29. The molecule has 1 rings (SSSR count). The summed E-state index contributed by atoms with van der Waals surface area (Å²) in [5.41, 5.74) is 0.957. The first-order chi connectivity index (χ1) is 9.52. The van der Waals surface area contributed by atoms with Crippen molar-refractivity contribution >= 4 is 23.5 Å². The molecule has 0 aromatic heterocycles. The predicted octanol–water partition coefficient (Wildman–Crippen LogP) is 1.63. The molecule has 0 unspecified atom stereocenters. The summed E-state index contributed by atoms with van der Waals surface area (Å²) in [7, 11) is 0. The zero-order chi connectivity index (χ0) is 15.0. The molecule has 0 saturated heterocycles. The van der Waals surface area contributed by atoms with Crippen LogP contribution in [-0.2, 0) is 9.59 Å². The van der Waals surface area contributed by atoms with Gasteiger partial charge >= 0.3 is 5.97 Å². The van der Waals surface area contributed by atoms with Crippen LogP contribution in [0.1, 0.15) is 36.5 Å². The van der Waals surface area contributed by atoms with Gasteiger partial charge in [-0.2, -0.15) is 0 Å². The van der Waals surface area contributed by atoms with Gasteiger partial charge in [-0.3, -0.25) is 14.4 Å². The van der Waals surface area contributed by atoms with Crippen molar-refractivity contribution in [1.82, 2.24) is 5.32 Å². The van der Waals surface area contributed by atoms with E-state index in [0.29, 0.717) is 17.7 Å². The number of benzene rings is 1. The first kappa shape index (κ1) is 15.7. The van der Waals surface area contributed by atoms with Crippen LogP contribution in [0.2, 0.25) is 0 Å². The van der Waals surface area contributed by atoms with Crippen molar-refractivity contribution in [2.45, 2.75) is 26.2 Å². The third-order valence-corrected chi connectivity index (χ3v) is 2.59. The molecule has 2 amide bonds. The van der Waals surface area contributed by atoms with Gasteiger partial charge < -0.3 is 15.7 Å². The van der Waals surface area contributed by atoms with E-state index in [0.717, 1.165) is 12.8 Å². The maximum Gasteiger partial charge on any atom is 0.322 e. The van der Waals surface area contributed by atoms with Gasteiger partial charge in [-0.1, -0.05) is 13.3 Å². The molecule has 1 aromatic rings. The van der Waals surface area contributed by atoms with Crippen molar-refractivity contribution in [3.8, 4) is 0 Å². The Morgan fingerprint density at radius 1 is 1.15 bits per heavy atom. The Hall–Kier alpha value is -2.37. The number of unbranched alkanes of at least 4 members (excludes halogenated alkanes) is 1. The molecule has 6 nitrogen and oxygen atoms in total. The van der Waals surface area contributed by atoms with Gasteiger partial charge in [0, 0.05) is 17.7 Å². The van der Waals surface area contributed by atoms with Crippen LogP contribution >= 0.6 is 0 Å². The van der Waals surface area contributed by atoms with Gasteiger partial charge in [-0.05, 0) is 30.7 Å². The standard InChI is InChI=1S/C14H18N2O4/c1-2-3-4-12(17)16-11-7-5-10(6-8-11)14(20)15-9-13(18)19/h5-8H,2-4,9H2,1H3,(H,15,20)(H,16,17)(H,18,19). The van der Waals surface area contributed by atoms with Gasteiger partial charge in [0.05, 0.1) is 0 Å². The van der Waals surface area contributed by atoms with E-state index in [-0.39, 0.29) is 5.91 Å². The normalized spacial score (nSPS) is 9.85. The van der Waals surface area contributed by atoms with Gasteiger partial charge in [0.25, 0.3) is 5.91 Å². The molecule has 0 spiro atoms. The monoisotopic (exact) mass is 278 g/mol. The number of amides is 2. The Morgan fingerprint density at radius 3 is 2.35 bits per heavy atom. The Morgan fingerprint density at radius 2 is 1.80 bits per heavy atom. The van der Waals surface area contributed by atoms with Crippen LogP contribution in [0.25, 0.3) is 0 Å². The molecule has 1 aromatic carbocycles. The smallest absolute Gasteiger partial charge is 0.322 e. The summed E-state index contributed by atoms with van der Waals surface area (Å²) in [6.07, 6.45) is 2.26. The molecule has 0 atom stereocenters. The van der Waals surface area contributed by atoms with E-state index in [1.807, 2.05) is 6.92 Å². The van der Waals surface area contributed by atoms with Crippen molar-refractivity contribution in [3.05, 3.63) is 29.8 Å². The highest BCUT2D eigenvalue weighted by Crippen LogP contribution is 2.10. The molecule has 0 heterocycles. The van der Waals surface area contributed by atoms with Crippen LogP contribution in [0.4, 0.5) is 5.69 Å². The average Bonchev–Trinajstić information content (AvgIpc) is 2.43. The summed E-state index contributed by atoms with van der Waals surface area (Å²) in [6.45, 7) is 1.59. The summed E-state index contributed by atoms with van der Waals surface area (Å²) in [6, 6.07) is 6.29. The summed E-state index contributed by atoms with van der Waals surface area (Å²) in [4.78, 5) is 33.4. The molecule has 0 saturated carbocycles. The molecule has 6 heteroatoms. The average molecular weight is 278 g/mol. The van der Waals surface area contributed by atoms with E-state index in [1.165, 1.54) is 12.1 Å². The third-order valence-electron chi connectivity index (χ3n) is 2.59. The highest BCUT2D eigenvalue weighted by molar-refractivity contribution is 5.97. The number of hydrogen-bond donors (Lipinski definition) is 3. The van der Waals surface area contributed by atoms with Crippen molar-refractivity contribution < 1.29 is 19.5 Å². The van der Waals surface area contributed by atoms with Crippen molar-refractivity contribution in [2.75, 3.05) is 11.9 Å². The lowest BCUT2D eigenvalue weighted by atomic mass is 10.2. The Balaban J connectivity index is 2.53. The number of rotatable bonds is 7. The molecule has 20 heavy (non-hydrogen) atoms. The van der Waals surface area contributed by atoms with E-state index >= 15 is 0 Å². The van der Waals surface area contributed by atoms with Gasteiger partial charge in [-0.25, -0.2) is 0 Å². The van der Waals surface area contributed by atoms with Crippen LogP contribution in [0.5, 0.6) is 0 Å². The van der Waals surface area contributed by atoms with Gasteiger partial charge in [-0.15, -0.1) is 0 Å². The minimum atomic E-state index is -1.10. The lowest BCUT2D eigenvalue weighted by molar-refractivity contribution is -0.135. The van der Waals surface area contributed by atoms with Crippen molar-refractivity contribution in [1.29, 1.82) is 0 Å². The van der Waals surface area contributed by atoms with Crippen LogP contribution in [-0.4, -0.2) is 29.4 Å². The summed E-state index contributed by atoms with van der Waals surface area (Å²) < 4.78 is 0. The van der Waals surface area contributed by atoms with E-state index in [2.05, 4.69) is 10.6 Å². The van der Waals surface area contributed by atoms with Gasteiger partial charge in [0.15, 0.2) is 0 Å². The third kappa shape index (κ3) is 5.51. The molecule has 0 aliphatic rings. The molecule has 0 fully saturated rings. The largest absolute Gasteiger partial charge is 0.480 e. The number of carboxylic acids is 1. The van der Waals surface area contributed by atoms with Crippen molar-refractivity contribution in [2.24, 2.45) is 0 Å². The van der Waals surface area contributed by atoms with E-state index in [9.17, 15) is 14.4 Å². The minimum Gasteiger partial charge on any atom is -0.480 e. The number of carbonyl (C=O) groups excluding carboxylic acids is 2. The van der Waals surface area contributed by atoms with Crippen molar-refractivity contribution in [3.63, 3.8) is 0 Å². The zero-order valence-corrected chi connectivity index (χ0v) is 11.3. The van der Waals surface area contributed by atoms with Crippen LogP contribution in [0, 0.1) is 0 Å². The van der Waals surface area contributed by atoms with Gasteiger partial charge in [0.1, 0.15) is 6.54 Å². The fourth-order valence-electron chi connectivity index (χ4n) is 1.52. The molecule has 0 bridgehead atoms. The number of nitrogens with one attached hydrogen (secondary N) is 2. The molecule has 0 radical (unpaired) electrons. The number of hydrogen-bond acceptors (Lipinski definition) is 3. The molecule has 108 valence electrons. The second kappa shape index (κ2) is 7.93. The summed E-state index contributed by atoms with van der Waals surface area (Å²) >= 11 is 0. The zero-order valence-electron chi connectivity index (χ0n) is 11.3. The van der Waals surface area contributed by atoms with Crippen LogP contribution < -0.4 is 10.6 Å². The Bertz CT molecular complexity index is 482. The molecule has 3 N–H and O–H groups in total. The predicted molar refractivity (Wildman–Crippen MR) is 74.6 cm³/mol. The SMILES string of the molecule is CCCCC(=O)Nc1ccc(C(=O)NCC(=O)O)cc1. The Labute approximate surface area is 117 Å². The van der Waals surface area contributed by atoms with E-state index in [4.69, 9.17) is 5.11 Å². The van der Waals surface area contributed by atoms with E-state index in [1.54, 1.807) is 12.1 Å². The topological polar surface area (TPSA) is 95.5 Å². The number of aliphatic carboxylic acids is 1. The molecule has 0 aliphatic carbocycles.